The molecule has 2 aromatic carbocycles. The van der Waals surface area contributed by atoms with Crippen LogP contribution >= 0.6 is 43.5 Å². The summed E-state index contributed by atoms with van der Waals surface area (Å²) in [6.45, 7) is 0. The standard InChI is InChI=1S/C14H8Br2ClFN2/c15-8-1-4-12(10(16)5-8)20-13-6-9(18)2-3-11(13)19-14(20)7-17/h1-6H,7H2. The lowest BCUT2D eigenvalue weighted by molar-refractivity contribution is 0.629. The van der Waals surface area contributed by atoms with Crippen molar-refractivity contribution in [1.29, 1.82) is 0 Å². The number of benzene rings is 2. The predicted octanol–water partition coefficient (Wildman–Crippen LogP) is 5.43. The smallest absolute Gasteiger partial charge is 0.129 e. The lowest BCUT2D eigenvalue weighted by Gasteiger charge is -2.10. The lowest BCUT2D eigenvalue weighted by Crippen LogP contribution is -2.00. The van der Waals surface area contributed by atoms with E-state index in [-0.39, 0.29) is 11.7 Å². The average molecular weight is 418 g/mol. The number of rotatable bonds is 2. The number of hydrogen-bond donors (Lipinski definition) is 0. The quantitative estimate of drug-likeness (QED) is 0.508. The molecule has 0 atom stereocenters. The molecule has 0 N–H and O–H groups in total. The number of fused-ring (bicyclic) bond motifs is 1. The van der Waals surface area contributed by atoms with Gasteiger partial charge in [-0.05, 0) is 46.3 Å². The molecule has 0 saturated heterocycles. The van der Waals surface area contributed by atoms with Crippen LogP contribution in [0, 0.1) is 5.82 Å². The summed E-state index contributed by atoms with van der Waals surface area (Å²) in [6.07, 6.45) is 0. The van der Waals surface area contributed by atoms with E-state index in [0.717, 1.165) is 20.1 Å². The maximum atomic E-state index is 13.5. The first-order valence-electron chi connectivity index (χ1n) is 5.78. The van der Waals surface area contributed by atoms with Crippen molar-refractivity contribution in [3.05, 3.63) is 57.0 Å². The van der Waals surface area contributed by atoms with Gasteiger partial charge in [0.15, 0.2) is 0 Å². The van der Waals surface area contributed by atoms with Crippen molar-refractivity contribution in [1.82, 2.24) is 9.55 Å². The van der Waals surface area contributed by atoms with Crippen LogP contribution in [0.5, 0.6) is 0 Å². The number of nitrogens with zero attached hydrogens (tertiary/aromatic N) is 2. The van der Waals surface area contributed by atoms with Crippen molar-refractivity contribution in [3.63, 3.8) is 0 Å². The third kappa shape index (κ3) is 2.38. The van der Waals surface area contributed by atoms with E-state index >= 15 is 0 Å². The average Bonchev–Trinajstić information content (AvgIpc) is 2.76. The highest BCUT2D eigenvalue weighted by molar-refractivity contribution is 9.11. The molecule has 1 heterocycles. The zero-order valence-electron chi connectivity index (χ0n) is 10.1. The fourth-order valence-corrected chi connectivity index (χ4v) is 3.52. The van der Waals surface area contributed by atoms with Crippen molar-refractivity contribution in [2.45, 2.75) is 5.88 Å². The molecule has 0 aliphatic rings. The van der Waals surface area contributed by atoms with Crippen LogP contribution in [-0.2, 0) is 5.88 Å². The van der Waals surface area contributed by atoms with Crippen LogP contribution in [0.3, 0.4) is 0 Å². The highest BCUT2D eigenvalue weighted by Crippen LogP contribution is 2.30. The molecule has 3 rings (SSSR count). The molecule has 0 saturated carbocycles. The van der Waals surface area contributed by atoms with Crippen LogP contribution in [0.4, 0.5) is 4.39 Å². The van der Waals surface area contributed by atoms with E-state index in [1.54, 1.807) is 6.07 Å². The second-order valence-corrected chi connectivity index (χ2v) is 6.26. The Balaban J connectivity index is 2.36. The Morgan fingerprint density at radius 1 is 1.15 bits per heavy atom. The number of hydrogen-bond acceptors (Lipinski definition) is 1. The van der Waals surface area contributed by atoms with Gasteiger partial charge in [0.1, 0.15) is 11.6 Å². The first-order valence-corrected chi connectivity index (χ1v) is 7.90. The molecular weight excluding hydrogens is 410 g/mol. The molecule has 0 bridgehead atoms. The van der Waals surface area contributed by atoms with Crippen molar-refractivity contribution < 1.29 is 4.39 Å². The summed E-state index contributed by atoms with van der Waals surface area (Å²) < 4.78 is 17.2. The SMILES string of the molecule is Fc1ccc2nc(CCl)n(-c3ccc(Br)cc3Br)c2c1. The summed E-state index contributed by atoms with van der Waals surface area (Å²) in [6, 6.07) is 10.3. The van der Waals surface area contributed by atoms with Gasteiger partial charge in [-0.1, -0.05) is 15.9 Å². The summed E-state index contributed by atoms with van der Waals surface area (Å²) in [5.41, 5.74) is 2.29. The maximum Gasteiger partial charge on any atom is 0.129 e. The van der Waals surface area contributed by atoms with Crippen LogP contribution in [0.2, 0.25) is 0 Å². The largest absolute Gasteiger partial charge is 0.294 e. The van der Waals surface area contributed by atoms with E-state index in [1.165, 1.54) is 12.1 Å². The number of alkyl halides is 1. The second-order valence-electron chi connectivity index (χ2n) is 4.23. The van der Waals surface area contributed by atoms with Crippen LogP contribution in [-0.4, -0.2) is 9.55 Å². The van der Waals surface area contributed by atoms with E-state index < -0.39 is 0 Å². The van der Waals surface area contributed by atoms with Gasteiger partial charge in [0.25, 0.3) is 0 Å². The highest BCUT2D eigenvalue weighted by Gasteiger charge is 2.14. The predicted molar refractivity (Wildman–Crippen MR) is 86.0 cm³/mol. The maximum absolute atomic E-state index is 13.5. The highest BCUT2D eigenvalue weighted by atomic mass is 79.9. The molecule has 6 heteroatoms. The van der Waals surface area contributed by atoms with Crippen molar-refractivity contribution >= 4 is 54.5 Å². The van der Waals surface area contributed by atoms with Crippen molar-refractivity contribution in [2.24, 2.45) is 0 Å². The van der Waals surface area contributed by atoms with Gasteiger partial charge in [0, 0.05) is 15.0 Å². The van der Waals surface area contributed by atoms with E-state index in [9.17, 15) is 4.39 Å². The minimum absolute atomic E-state index is 0.249. The first kappa shape index (κ1) is 14.0. The van der Waals surface area contributed by atoms with Gasteiger partial charge in [-0.15, -0.1) is 11.6 Å². The Hall–Kier alpha value is -0.910. The Morgan fingerprint density at radius 3 is 2.65 bits per heavy atom. The van der Waals surface area contributed by atoms with Crippen molar-refractivity contribution in [2.75, 3.05) is 0 Å². The minimum Gasteiger partial charge on any atom is -0.294 e. The summed E-state index contributed by atoms with van der Waals surface area (Å²) >= 11 is 12.9. The molecule has 0 amide bonds. The molecule has 0 fully saturated rings. The van der Waals surface area contributed by atoms with Gasteiger partial charge in [0.05, 0.1) is 22.6 Å². The van der Waals surface area contributed by atoms with Crippen LogP contribution in [0.15, 0.2) is 45.3 Å². The van der Waals surface area contributed by atoms with Gasteiger partial charge >= 0.3 is 0 Å². The zero-order chi connectivity index (χ0) is 14.3. The van der Waals surface area contributed by atoms with Gasteiger partial charge < -0.3 is 0 Å². The first-order chi connectivity index (χ1) is 9.60. The fourth-order valence-electron chi connectivity index (χ4n) is 2.12. The third-order valence-electron chi connectivity index (χ3n) is 2.96. The Bertz CT molecular complexity index is 801. The summed E-state index contributed by atoms with van der Waals surface area (Å²) in [7, 11) is 0. The normalized spacial score (nSPS) is 11.2. The molecule has 2 nitrogen and oxygen atoms in total. The topological polar surface area (TPSA) is 17.8 Å². The fraction of sp³-hybridized carbons (Fsp3) is 0.0714. The Morgan fingerprint density at radius 2 is 1.95 bits per heavy atom. The Kier molecular flexibility index (Phi) is 3.84. The van der Waals surface area contributed by atoms with E-state index in [0.29, 0.717) is 11.3 Å². The van der Waals surface area contributed by atoms with Crippen molar-refractivity contribution in [3.8, 4) is 5.69 Å². The van der Waals surface area contributed by atoms with E-state index in [2.05, 4.69) is 36.8 Å². The summed E-state index contributed by atoms with van der Waals surface area (Å²) in [5, 5.41) is 0. The number of aromatic nitrogens is 2. The molecule has 0 spiro atoms. The summed E-state index contributed by atoms with van der Waals surface area (Å²) in [4.78, 5) is 4.44. The molecule has 3 aromatic rings. The number of imidazole rings is 1. The molecule has 20 heavy (non-hydrogen) atoms. The molecule has 0 aliphatic carbocycles. The number of halogens is 4. The molecule has 0 aliphatic heterocycles. The zero-order valence-corrected chi connectivity index (χ0v) is 14.0. The molecular formula is C14H8Br2ClFN2. The van der Waals surface area contributed by atoms with Crippen LogP contribution < -0.4 is 0 Å². The summed E-state index contributed by atoms with van der Waals surface area (Å²) in [5.74, 6) is 0.627. The van der Waals surface area contributed by atoms with E-state index in [1.807, 2.05) is 22.8 Å². The molecule has 0 radical (unpaired) electrons. The van der Waals surface area contributed by atoms with Gasteiger partial charge in [-0.2, -0.15) is 0 Å². The second kappa shape index (κ2) is 5.47. The van der Waals surface area contributed by atoms with Crippen LogP contribution in [0.25, 0.3) is 16.7 Å². The molecule has 1 aromatic heterocycles. The van der Waals surface area contributed by atoms with Crippen LogP contribution in [0.1, 0.15) is 5.82 Å². The molecule has 0 unspecified atom stereocenters. The monoisotopic (exact) mass is 416 g/mol. The lowest BCUT2D eigenvalue weighted by atomic mass is 10.2. The Labute approximate surface area is 136 Å². The van der Waals surface area contributed by atoms with Gasteiger partial charge in [-0.25, -0.2) is 9.37 Å². The van der Waals surface area contributed by atoms with Gasteiger partial charge in [0.2, 0.25) is 0 Å². The molecule has 102 valence electrons. The minimum atomic E-state index is -0.298. The third-order valence-corrected chi connectivity index (χ3v) is 4.32. The van der Waals surface area contributed by atoms with E-state index in [4.69, 9.17) is 11.6 Å². The van der Waals surface area contributed by atoms with Gasteiger partial charge in [-0.3, -0.25) is 4.57 Å².